The molecule has 0 aromatic heterocycles. The van der Waals surface area contributed by atoms with Crippen molar-refractivity contribution in [3.05, 3.63) is 63.1 Å². The summed E-state index contributed by atoms with van der Waals surface area (Å²) >= 11 is 9.89. The first-order chi connectivity index (χ1) is 13.7. The van der Waals surface area contributed by atoms with Crippen molar-refractivity contribution in [1.82, 2.24) is 5.32 Å². The molecule has 0 saturated heterocycles. The molecule has 7 nitrogen and oxygen atoms in total. The Hall–Kier alpha value is -2.26. The van der Waals surface area contributed by atoms with Gasteiger partial charge >= 0.3 is 5.97 Å². The molecule has 0 spiro atoms. The number of halogens is 2. The lowest BCUT2D eigenvalue weighted by Gasteiger charge is -2.36. The molecular weight excluding hydrogens is 464 g/mol. The smallest absolute Gasteiger partial charge is 0.304 e. The number of ether oxygens (including phenoxy) is 2. The topological polar surface area (TPSA) is 84.9 Å². The van der Waals surface area contributed by atoms with E-state index < -0.39 is 29.7 Å². The monoisotopic (exact) mass is 480 g/mol. The molecule has 0 saturated carbocycles. The van der Waals surface area contributed by atoms with E-state index in [2.05, 4.69) is 21.2 Å². The summed E-state index contributed by atoms with van der Waals surface area (Å²) in [6.45, 7) is 2.43. The van der Waals surface area contributed by atoms with Crippen molar-refractivity contribution in [3.8, 4) is 0 Å². The summed E-state index contributed by atoms with van der Waals surface area (Å²) in [5.74, 6) is -1.98. The Morgan fingerprint density at radius 3 is 2.45 bits per heavy atom. The van der Waals surface area contributed by atoms with Gasteiger partial charge in [0, 0.05) is 41.6 Å². The average molecular weight is 482 g/mol. The van der Waals surface area contributed by atoms with Crippen molar-refractivity contribution in [2.24, 2.45) is 0 Å². The van der Waals surface area contributed by atoms with Gasteiger partial charge in [-0.2, -0.15) is 0 Å². The molecule has 2 unspecified atom stereocenters. The van der Waals surface area contributed by atoms with Crippen molar-refractivity contribution in [3.63, 3.8) is 0 Å². The number of hydrogen-bond acceptors (Lipinski definition) is 6. The number of hydrogen-bond donors (Lipinski definition) is 1. The van der Waals surface area contributed by atoms with Gasteiger partial charge in [-0.1, -0.05) is 45.7 Å². The van der Waals surface area contributed by atoms with Gasteiger partial charge in [0.05, 0.1) is 5.69 Å². The predicted molar refractivity (Wildman–Crippen MR) is 110 cm³/mol. The first kappa shape index (κ1) is 21.4. The largest absolute Gasteiger partial charge is 0.437 e. The van der Waals surface area contributed by atoms with Crippen LogP contribution in [-0.2, 0) is 29.6 Å². The molecule has 152 valence electrons. The zero-order chi connectivity index (χ0) is 21.3. The molecule has 1 aliphatic rings. The number of imide groups is 1. The van der Waals surface area contributed by atoms with Crippen LogP contribution in [0, 0.1) is 0 Å². The van der Waals surface area contributed by atoms with E-state index in [9.17, 15) is 14.4 Å². The zero-order valence-corrected chi connectivity index (χ0v) is 18.2. The first-order valence-electron chi connectivity index (χ1n) is 8.61. The number of benzene rings is 2. The van der Waals surface area contributed by atoms with Gasteiger partial charge in [0.15, 0.2) is 5.72 Å². The minimum Gasteiger partial charge on any atom is -0.437 e. The number of rotatable bonds is 3. The molecule has 1 N–H and O–H groups in total. The number of nitrogens with zero attached hydrogens (tertiary/aromatic N) is 1. The predicted octanol–water partition coefficient (Wildman–Crippen LogP) is 3.32. The number of methoxy groups -OCH3 is 1. The maximum Gasteiger partial charge on any atom is 0.304 e. The van der Waals surface area contributed by atoms with Crippen molar-refractivity contribution >= 4 is 51.0 Å². The van der Waals surface area contributed by atoms with E-state index >= 15 is 0 Å². The quantitative estimate of drug-likeness (QED) is 0.677. The summed E-state index contributed by atoms with van der Waals surface area (Å²) in [6.07, 6.45) is -1.49. The highest BCUT2D eigenvalue weighted by Gasteiger charge is 2.48. The maximum absolute atomic E-state index is 13.2. The van der Waals surface area contributed by atoms with Gasteiger partial charge in [0.2, 0.25) is 12.1 Å². The second kappa shape index (κ2) is 8.23. The summed E-state index contributed by atoms with van der Waals surface area (Å²) in [5, 5.41) is 3.33. The summed E-state index contributed by atoms with van der Waals surface area (Å²) < 4.78 is 11.8. The van der Waals surface area contributed by atoms with E-state index in [4.69, 9.17) is 21.1 Å². The van der Waals surface area contributed by atoms with Crippen LogP contribution in [0.2, 0.25) is 5.02 Å². The molecule has 2 atom stereocenters. The number of carbonyl (C=O) groups excluding carboxylic acids is 3. The third kappa shape index (κ3) is 3.81. The van der Waals surface area contributed by atoms with E-state index in [1.165, 1.54) is 21.0 Å². The lowest BCUT2D eigenvalue weighted by molar-refractivity contribution is -0.160. The second-order valence-electron chi connectivity index (χ2n) is 6.35. The summed E-state index contributed by atoms with van der Waals surface area (Å²) in [4.78, 5) is 38.2. The third-order valence-corrected chi connectivity index (χ3v) is 5.34. The van der Waals surface area contributed by atoms with Gasteiger partial charge in [-0.3, -0.25) is 14.4 Å². The SMILES string of the molecule is COC1(c2ccccc2Cl)NC(OC(C)=O)C(=O)N(C(C)=O)c2ccc(Br)cc21. The normalized spacial score (nSPS) is 21.3. The van der Waals surface area contributed by atoms with E-state index in [1.807, 2.05) is 0 Å². The van der Waals surface area contributed by atoms with Gasteiger partial charge in [0.1, 0.15) is 0 Å². The van der Waals surface area contributed by atoms with Gasteiger partial charge in [0.25, 0.3) is 5.91 Å². The number of nitrogens with one attached hydrogen (secondary N) is 1. The highest BCUT2D eigenvalue weighted by molar-refractivity contribution is 9.10. The van der Waals surface area contributed by atoms with Crippen LogP contribution in [0.25, 0.3) is 0 Å². The van der Waals surface area contributed by atoms with Gasteiger partial charge < -0.3 is 9.47 Å². The molecule has 9 heteroatoms. The van der Waals surface area contributed by atoms with E-state index in [0.717, 1.165) is 4.90 Å². The lowest BCUT2D eigenvalue weighted by Crippen LogP contribution is -2.55. The van der Waals surface area contributed by atoms with Crippen LogP contribution < -0.4 is 10.2 Å². The van der Waals surface area contributed by atoms with E-state index in [0.29, 0.717) is 20.6 Å². The fourth-order valence-corrected chi connectivity index (χ4v) is 3.99. The Balaban J connectivity index is 2.39. The number of esters is 1. The Kier molecular flexibility index (Phi) is 6.09. The molecular formula is C20H18BrClN2O5. The molecule has 0 radical (unpaired) electrons. The number of anilines is 1. The van der Waals surface area contributed by atoms with Gasteiger partial charge in [-0.25, -0.2) is 10.2 Å². The Morgan fingerprint density at radius 2 is 1.86 bits per heavy atom. The highest BCUT2D eigenvalue weighted by atomic mass is 79.9. The van der Waals surface area contributed by atoms with Crippen molar-refractivity contribution in [1.29, 1.82) is 0 Å². The standard InChI is InChI=1S/C20H18BrClN2O5/c1-11(25)24-17-9-8-13(21)10-15(17)20(28-3,14-6-4-5-7-16(14)22)23-18(19(24)27)29-12(2)26/h4-10,18,23H,1-3H3. The van der Waals surface area contributed by atoms with Crippen LogP contribution >= 0.6 is 27.5 Å². The molecule has 1 aliphatic heterocycles. The third-order valence-electron chi connectivity index (χ3n) is 4.52. The fraction of sp³-hybridized carbons (Fsp3) is 0.250. The Labute approximate surface area is 181 Å². The average Bonchev–Trinajstić information content (AvgIpc) is 2.75. The van der Waals surface area contributed by atoms with E-state index in [1.54, 1.807) is 42.5 Å². The van der Waals surface area contributed by atoms with Crippen LogP contribution in [0.4, 0.5) is 5.69 Å². The molecule has 2 amide bonds. The molecule has 0 aliphatic carbocycles. The van der Waals surface area contributed by atoms with Crippen molar-refractivity contribution < 1.29 is 23.9 Å². The van der Waals surface area contributed by atoms with Crippen LogP contribution in [0.1, 0.15) is 25.0 Å². The van der Waals surface area contributed by atoms with Crippen molar-refractivity contribution in [2.45, 2.75) is 25.8 Å². The van der Waals surface area contributed by atoms with Crippen LogP contribution in [0.5, 0.6) is 0 Å². The number of carbonyl (C=O) groups is 3. The summed E-state index contributed by atoms with van der Waals surface area (Å²) in [7, 11) is 1.43. The molecule has 29 heavy (non-hydrogen) atoms. The van der Waals surface area contributed by atoms with Gasteiger partial charge in [-0.15, -0.1) is 0 Å². The van der Waals surface area contributed by atoms with Gasteiger partial charge in [-0.05, 0) is 24.3 Å². The zero-order valence-electron chi connectivity index (χ0n) is 15.9. The van der Waals surface area contributed by atoms with Crippen LogP contribution in [0.15, 0.2) is 46.9 Å². The minimum absolute atomic E-state index is 0.287. The fourth-order valence-electron chi connectivity index (χ4n) is 3.36. The van der Waals surface area contributed by atoms with Crippen molar-refractivity contribution in [2.75, 3.05) is 12.0 Å². The summed E-state index contributed by atoms with van der Waals surface area (Å²) in [6, 6.07) is 11.9. The maximum atomic E-state index is 13.2. The molecule has 2 aromatic carbocycles. The number of amides is 2. The Morgan fingerprint density at radius 1 is 1.17 bits per heavy atom. The first-order valence-corrected chi connectivity index (χ1v) is 9.78. The molecule has 0 bridgehead atoms. The minimum atomic E-state index is -1.49. The molecule has 0 fully saturated rings. The lowest BCUT2D eigenvalue weighted by atomic mass is 9.92. The molecule has 3 rings (SSSR count). The highest BCUT2D eigenvalue weighted by Crippen LogP contribution is 2.43. The molecule has 1 heterocycles. The van der Waals surface area contributed by atoms with Crippen LogP contribution in [0.3, 0.4) is 0 Å². The summed E-state index contributed by atoms with van der Waals surface area (Å²) in [5.41, 5.74) is -0.272. The molecule has 2 aromatic rings. The second-order valence-corrected chi connectivity index (χ2v) is 7.68. The van der Waals surface area contributed by atoms with E-state index in [-0.39, 0.29) is 5.69 Å². The van der Waals surface area contributed by atoms with Crippen LogP contribution in [-0.4, -0.2) is 31.1 Å². The number of fused-ring (bicyclic) bond motifs is 1. The Bertz CT molecular complexity index is 999.